The van der Waals surface area contributed by atoms with Crippen LogP contribution in [-0.2, 0) is 17.8 Å². The summed E-state index contributed by atoms with van der Waals surface area (Å²) in [7, 11) is 0. The Labute approximate surface area is 182 Å². The number of hydrogen-bond donors (Lipinski definition) is 2. The Kier molecular flexibility index (Phi) is 5.68. The third-order valence-electron chi connectivity index (χ3n) is 6.11. The van der Waals surface area contributed by atoms with E-state index in [9.17, 15) is 0 Å². The summed E-state index contributed by atoms with van der Waals surface area (Å²) in [5.74, 6) is 2.40. The van der Waals surface area contributed by atoms with Crippen molar-refractivity contribution in [1.82, 2.24) is 15.3 Å². The molecule has 8 heteroatoms. The molecular formula is C22H28N6OS. The number of fused-ring (bicyclic) bond motifs is 1. The summed E-state index contributed by atoms with van der Waals surface area (Å²) in [5, 5.41) is 7.28. The number of morpholine rings is 1. The molecule has 2 fully saturated rings. The molecule has 0 atom stereocenters. The van der Waals surface area contributed by atoms with Crippen LogP contribution in [0.1, 0.15) is 36.8 Å². The van der Waals surface area contributed by atoms with Gasteiger partial charge >= 0.3 is 0 Å². The average Bonchev–Trinajstić information content (AvgIpc) is 3.43. The zero-order valence-electron chi connectivity index (χ0n) is 17.1. The zero-order valence-corrected chi connectivity index (χ0v) is 18.0. The second kappa shape index (κ2) is 8.73. The molecule has 5 rings (SSSR count). The summed E-state index contributed by atoms with van der Waals surface area (Å²) in [6, 6.07) is 11.1. The van der Waals surface area contributed by atoms with Crippen LogP contribution in [0.2, 0.25) is 0 Å². The zero-order chi connectivity index (χ0) is 20.3. The first-order valence-corrected chi connectivity index (χ1v) is 11.3. The quantitative estimate of drug-likeness (QED) is 0.726. The number of rotatable bonds is 4. The molecular weight excluding hydrogens is 396 g/mol. The van der Waals surface area contributed by atoms with Crippen LogP contribution in [0.3, 0.4) is 0 Å². The van der Waals surface area contributed by atoms with Gasteiger partial charge in [-0.3, -0.25) is 0 Å². The van der Waals surface area contributed by atoms with Gasteiger partial charge in [-0.15, -0.1) is 0 Å². The predicted molar refractivity (Wildman–Crippen MR) is 123 cm³/mol. The second-order valence-corrected chi connectivity index (χ2v) is 8.62. The Hall–Kier alpha value is -2.45. The lowest BCUT2D eigenvalue weighted by Gasteiger charge is -2.29. The topological polar surface area (TPSA) is 65.5 Å². The lowest BCUT2D eigenvalue weighted by atomic mass is 10.1. The second-order valence-electron chi connectivity index (χ2n) is 8.21. The van der Waals surface area contributed by atoms with E-state index in [1.165, 1.54) is 36.8 Å². The molecule has 1 aliphatic carbocycles. The average molecular weight is 425 g/mol. The maximum atomic E-state index is 5.56. The Balaban J connectivity index is 1.38. The highest BCUT2D eigenvalue weighted by molar-refractivity contribution is 7.80. The summed E-state index contributed by atoms with van der Waals surface area (Å²) >= 11 is 5.56. The van der Waals surface area contributed by atoms with E-state index in [0.29, 0.717) is 17.1 Å². The van der Waals surface area contributed by atoms with Gasteiger partial charge in [-0.05, 0) is 36.2 Å². The van der Waals surface area contributed by atoms with Gasteiger partial charge in [-0.1, -0.05) is 37.1 Å². The summed E-state index contributed by atoms with van der Waals surface area (Å²) in [6.07, 6.45) is 4.88. The number of aromatic nitrogens is 2. The van der Waals surface area contributed by atoms with Crippen molar-refractivity contribution in [1.29, 1.82) is 0 Å². The molecule has 3 aliphatic rings. The number of thiocarbonyl (C=S) groups is 1. The van der Waals surface area contributed by atoms with Gasteiger partial charge in [0.15, 0.2) is 5.11 Å². The minimum absolute atomic E-state index is 0.458. The van der Waals surface area contributed by atoms with Crippen LogP contribution >= 0.6 is 12.2 Å². The molecule has 0 amide bonds. The summed E-state index contributed by atoms with van der Waals surface area (Å²) in [6.45, 7) is 4.83. The first-order chi connectivity index (χ1) is 14.7. The standard InChI is InChI=1S/C22H28N6OS/c30-22(23-18-7-3-4-8-18)26-21-24-19(27-9-11-29-12-10-27)13-20(25-21)28-14-16-5-1-2-6-17(16)15-28/h1-2,5-6,13,18H,3-4,7-12,14-15H2,(H2,23,24,25,26,30). The molecule has 0 spiro atoms. The minimum Gasteiger partial charge on any atom is -0.378 e. The van der Waals surface area contributed by atoms with Crippen LogP contribution < -0.4 is 20.4 Å². The van der Waals surface area contributed by atoms with Crippen molar-refractivity contribution in [2.45, 2.75) is 44.8 Å². The smallest absolute Gasteiger partial charge is 0.232 e. The van der Waals surface area contributed by atoms with Crippen molar-refractivity contribution >= 4 is 34.9 Å². The molecule has 0 radical (unpaired) electrons. The molecule has 7 nitrogen and oxygen atoms in total. The van der Waals surface area contributed by atoms with E-state index in [2.05, 4.69) is 50.8 Å². The fourth-order valence-electron chi connectivity index (χ4n) is 4.48. The maximum absolute atomic E-state index is 5.56. The molecule has 0 unspecified atom stereocenters. The van der Waals surface area contributed by atoms with Gasteiger partial charge in [-0.25, -0.2) is 0 Å². The van der Waals surface area contributed by atoms with E-state index in [1.54, 1.807) is 0 Å². The maximum Gasteiger partial charge on any atom is 0.232 e. The molecule has 3 heterocycles. The van der Waals surface area contributed by atoms with Crippen LogP contribution in [0.5, 0.6) is 0 Å². The predicted octanol–water partition coefficient (Wildman–Crippen LogP) is 3.06. The van der Waals surface area contributed by atoms with Crippen LogP contribution in [0.15, 0.2) is 30.3 Å². The van der Waals surface area contributed by atoms with Crippen LogP contribution in [-0.4, -0.2) is 47.4 Å². The molecule has 2 aliphatic heterocycles. The Bertz CT molecular complexity index is 885. The third-order valence-corrected chi connectivity index (χ3v) is 6.33. The molecule has 0 bridgehead atoms. The number of anilines is 3. The van der Waals surface area contributed by atoms with Gasteiger partial charge < -0.3 is 25.2 Å². The normalized spacial score (nSPS) is 19.1. The van der Waals surface area contributed by atoms with Crippen molar-refractivity contribution in [3.63, 3.8) is 0 Å². The van der Waals surface area contributed by atoms with Gasteiger partial charge in [0.1, 0.15) is 11.6 Å². The Morgan fingerprint density at radius 3 is 2.27 bits per heavy atom. The number of nitrogens with one attached hydrogen (secondary N) is 2. The van der Waals surface area contributed by atoms with Gasteiger partial charge in [0, 0.05) is 38.3 Å². The fraction of sp³-hybridized carbons (Fsp3) is 0.500. The minimum atomic E-state index is 0.458. The summed E-state index contributed by atoms with van der Waals surface area (Å²) in [4.78, 5) is 14.2. The van der Waals surface area contributed by atoms with Crippen molar-refractivity contribution in [2.24, 2.45) is 0 Å². The lowest BCUT2D eigenvalue weighted by Crippen LogP contribution is -2.38. The van der Waals surface area contributed by atoms with Crippen molar-refractivity contribution < 1.29 is 4.74 Å². The largest absolute Gasteiger partial charge is 0.378 e. The number of ether oxygens (including phenoxy) is 1. The number of hydrogen-bond acceptors (Lipinski definition) is 6. The van der Waals surface area contributed by atoms with Gasteiger partial charge in [0.2, 0.25) is 5.95 Å². The van der Waals surface area contributed by atoms with E-state index in [-0.39, 0.29) is 0 Å². The van der Waals surface area contributed by atoms with Gasteiger partial charge in [0.05, 0.1) is 13.2 Å². The summed E-state index contributed by atoms with van der Waals surface area (Å²) in [5.41, 5.74) is 2.72. The molecule has 30 heavy (non-hydrogen) atoms. The summed E-state index contributed by atoms with van der Waals surface area (Å²) < 4.78 is 5.52. The fourth-order valence-corrected chi connectivity index (χ4v) is 4.74. The SMILES string of the molecule is S=C(Nc1nc(N2CCOCC2)cc(N2Cc3ccccc3C2)n1)NC1CCCC1. The van der Waals surface area contributed by atoms with Crippen LogP contribution in [0.25, 0.3) is 0 Å². The van der Waals surface area contributed by atoms with Crippen LogP contribution in [0.4, 0.5) is 17.6 Å². The van der Waals surface area contributed by atoms with Gasteiger partial charge in [0.25, 0.3) is 0 Å². The highest BCUT2D eigenvalue weighted by Gasteiger charge is 2.23. The molecule has 1 saturated heterocycles. The molecule has 1 saturated carbocycles. The van der Waals surface area contributed by atoms with Gasteiger partial charge in [-0.2, -0.15) is 9.97 Å². The van der Waals surface area contributed by atoms with Crippen molar-refractivity contribution in [3.8, 4) is 0 Å². The number of nitrogens with zero attached hydrogens (tertiary/aromatic N) is 4. The van der Waals surface area contributed by atoms with Crippen molar-refractivity contribution in [2.75, 3.05) is 41.4 Å². The van der Waals surface area contributed by atoms with Crippen molar-refractivity contribution in [3.05, 3.63) is 41.5 Å². The first-order valence-electron chi connectivity index (χ1n) is 10.9. The number of benzene rings is 1. The molecule has 2 N–H and O–H groups in total. The molecule has 2 aromatic rings. The van der Waals surface area contributed by atoms with E-state index in [1.807, 2.05) is 0 Å². The Morgan fingerprint density at radius 2 is 1.60 bits per heavy atom. The monoisotopic (exact) mass is 424 g/mol. The van der Waals surface area contributed by atoms with E-state index in [4.69, 9.17) is 26.9 Å². The highest BCUT2D eigenvalue weighted by Crippen LogP contribution is 2.30. The Morgan fingerprint density at radius 1 is 0.967 bits per heavy atom. The highest BCUT2D eigenvalue weighted by atomic mass is 32.1. The van der Waals surface area contributed by atoms with E-state index in [0.717, 1.165) is 51.0 Å². The van der Waals surface area contributed by atoms with Crippen LogP contribution in [0, 0.1) is 0 Å². The molecule has 158 valence electrons. The first kappa shape index (κ1) is 19.5. The third kappa shape index (κ3) is 4.34. The van der Waals surface area contributed by atoms with E-state index >= 15 is 0 Å². The molecule has 1 aromatic carbocycles. The molecule has 1 aromatic heterocycles. The lowest BCUT2D eigenvalue weighted by molar-refractivity contribution is 0.122. The van der Waals surface area contributed by atoms with E-state index < -0.39 is 0 Å².